The number of aromatic hydroxyl groups is 2. The van der Waals surface area contributed by atoms with Crippen LogP contribution in [-0.2, 0) is 16.0 Å². The highest BCUT2D eigenvalue weighted by Gasteiger charge is 2.22. The Kier molecular flexibility index (Phi) is 11.8. The number of carbonyl (C=O) groups is 2. The Morgan fingerprint density at radius 2 is 1.66 bits per heavy atom. The molecule has 0 aromatic heterocycles. The van der Waals surface area contributed by atoms with Crippen LogP contribution in [0, 0.1) is 0 Å². The Labute approximate surface area is 174 Å². The number of carbonyl (C=O) groups excluding carboxylic acids is 2. The first-order valence-electron chi connectivity index (χ1n) is 10.7. The molecule has 6 nitrogen and oxygen atoms in total. The lowest BCUT2D eigenvalue weighted by molar-refractivity contribution is -0.146. The molecule has 0 radical (unpaired) electrons. The highest BCUT2D eigenvalue weighted by Crippen LogP contribution is 2.38. The highest BCUT2D eigenvalue weighted by atomic mass is 16.5. The summed E-state index contributed by atoms with van der Waals surface area (Å²) in [6, 6.07) is 1.20. The van der Waals surface area contributed by atoms with Gasteiger partial charge in [0.15, 0.2) is 17.8 Å². The van der Waals surface area contributed by atoms with Crippen molar-refractivity contribution in [1.29, 1.82) is 0 Å². The predicted molar refractivity (Wildman–Crippen MR) is 113 cm³/mol. The van der Waals surface area contributed by atoms with Crippen LogP contribution in [0.3, 0.4) is 0 Å². The fourth-order valence-electron chi connectivity index (χ4n) is 3.54. The molecular weight excluding hydrogens is 372 g/mol. The zero-order chi connectivity index (χ0) is 21.6. The zero-order valence-corrected chi connectivity index (χ0v) is 18.0. The van der Waals surface area contributed by atoms with Gasteiger partial charge in [-0.25, -0.2) is 0 Å². The topological polar surface area (TPSA) is 93.1 Å². The molecule has 0 heterocycles. The molecule has 29 heavy (non-hydrogen) atoms. The summed E-state index contributed by atoms with van der Waals surface area (Å²) >= 11 is 0. The predicted octanol–water partition coefficient (Wildman–Crippen LogP) is 5.31. The largest absolute Gasteiger partial charge is 0.507 e. The van der Waals surface area contributed by atoms with Crippen LogP contribution in [0.4, 0.5) is 0 Å². The Morgan fingerprint density at radius 1 is 1.07 bits per heavy atom. The molecule has 6 heteroatoms. The Morgan fingerprint density at radius 3 is 2.17 bits per heavy atom. The molecule has 0 bridgehead atoms. The average Bonchev–Trinajstić information content (AvgIpc) is 2.68. The Hall–Kier alpha value is -2.24. The third-order valence-corrected chi connectivity index (χ3v) is 5.12. The fraction of sp³-hybridized carbons (Fsp3) is 0.652. The van der Waals surface area contributed by atoms with Gasteiger partial charge in [0.25, 0.3) is 0 Å². The number of hydrogen-bond donors (Lipinski definition) is 2. The average molecular weight is 409 g/mol. The maximum absolute atomic E-state index is 11.5. The van der Waals surface area contributed by atoms with Crippen LogP contribution in [0.15, 0.2) is 6.07 Å². The highest BCUT2D eigenvalue weighted by molar-refractivity contribution is 5.84. The van der Waals surface area contributed by atoms with Crippen molar-refractivity contribution in [3.05, 3.63) is 17.2 Å². The smallest absolute Gasteiger partial charge is 0.302 e. The number of phenols is 2. The molecule has 0 amide bonds. The van der Waals surface area contributed by atoms with Crippen molar-refractivity contribution in [3.8, 4) is 17.2 Å². The molecule has 1 atom stereocenters. The van der Waals surface area contributed by atoms with E-state index in [1.807, 2.05) is 0 Å². The quantitative estimate of drug-likeness (QED) is 0.177. The van der Waals surface area contributed by atoms with Crippen molar-refractivity contribution in [2.24, 2.45) is 0 Å². The van der Waals surface area contributed by atoms with Crippen LogP contribution in [-0.4, -0.2) is 35.7 Å². The van der Waals surface area contributed by atoms with E-state index in [9.17, 15) is 19.8 Å². The second kappa shape index (κ2) is 13.9. The molecule has 0 aliphatic rings. The third kappa shape index (κ3) is 8.75. The molecule has 1 rings (SSSR count). The van der Waals surface area contributed by atoms with E-state index >= 15 is 0 Å². The molecular formula is C23H36O6. The van der Waals surface area contributed by atoms with Crippen molar-refractivity contribution in [1.82, 2.24) is 0 Å². The monoisotopic (exact) mass is 408 g/mol. The van der Waals surface area contributed by atoms with E-state index in [-0.39, 0.29) is 34.8 Å². The summed E-state index contributed by atoms with van der Waals surface area (Å²) in [6.45, 7) is 3.55. The Balaban J connectivity index is 2.65. The van der Waals surface area contributed by atoms with Crippen LogP contribution in [0.25, 0.3) is 0 Å². The van der Waals surface area contributed by atoms with Gasteiger partial charge >= 0.3 is 5.97 Å². The standard InChI is InChI=1S/C23H36O6/c1-4-5-6-7-8-9-10-11-12-13-18(29-17(2)25)14-19-20(16-24)21(26)15-22(28-3)23(19)27/h15-16,18,26-27H,4-14H2,1-3H3/t18-/m1/s1. The van der Waals surface area contributed by atoms with Gasteiger partial charge in [0.05, 0.1) is 12.7 Å². The number of unbranched alkanes of at least 4 members (excludes halogenated alkanes) is 8. The molecule has 0 unspecified atom stereocenters. The minimum atomic E-state index is -0.479. The summed E-state index contributed by atoms with van der Waals surface area (Å²) in [6.07, 6.45) is 11.5. The van der Waals surface area contributed by atoms with Crippen LogP contribution < -0.4 is 4.74 Å². The summed E-state index contributed by atoms with van der Waals surface area (Å²) in [5, 5.41) is 20.4. The van der Waals surface area contributed by atoms with Gasteiger partial charge in [0.2, 0.25) is 0 Å². The molecule has 0 aliphatic heterocycles. The van der Waals surface area contributed by atoms with Crippen molar-refractivity contribution in [3.63, 3.8) is 0 Å². The summed E-state index contributed by atoms with van der Waals surface area (Å²) in [5.41, 5.74) is 0.228. The van der Waals surface area contributed by atoms with Crippen molar-refractivity contribution in [2.75, 3.05) is 7.11 Å². The molecule has 0 saturated heterocycles. The summed E-state index contributed by atoms with van der Waals surface area (Å²) < 4.78 is 10.5. The van der Waals surface area contributed by atoms with E-state index in [0.717, 1.165) is 19.3 Å². The summed E-state index contributed by atoms with van der Waals surface area (Å²) in [5.74, 6) is -0.816. The minimum absolute atomic E-state index is 0.00692. The zero-order valence-electron chi connectivity index (χ0n) is 18.0. The third-order valence-electron chi connectivity index (χ3n) is 5.12. The van der Waals surface area contributed by atoms with Crippen LogP contribution in [0.2, 0.25) is 0 Å². The molecule has 2 N–H and O–H groups in total. The van der Waals surface area contributed by atoms with E-state index in [4.69, 9.17) is 9.47 Å². The van der Waals surface area contributed by atoms with E-state index in [0.29, 0.717) is 12.7 Å². The van der Waals surface area contributed by atoms with Gasteiger partial charge < -0.3 is 19.7 Å². The Bertz CT molecular complexity index is 641. The number of methoxy groups -OCH3 is 1. The first-order chi connectivity index (χ1) is 13.9. The normalized spacial score (nSPS) is 11.8. The summed E-state index contributed by atoms with van der Waals surface area (Å²) in [7, 11) is 1.37. The number of esters is 1. The van der Waals surface area contributed by atoms with E-state index in [2.05, 4.69) is 6.92 Å². The number of hydrogen-bond acceptors (Lipinski definition) is 6. The van der Waals surface area contributed by atoms with E-state index in [1.165, 1.54) is 58.6 Å². The molecule has 0 saturated carbocycles. The summed E-state index contributed by atoms with van der Waals surface area (Å²) in [4.78, 5) is 22.9. The minimum Gasteiger partial charge on any atom is -0.507 e. The first kappa shape index (κ1) is 24.8. The lowest BCUT2D eigenvalue weighted by Gasteiger charge is -2.20. The number of aldehydes is 1. The van der Waals surface area contributed by atoms with Gasteiger partial charge in [-0.1, -0.05) is 58.3 Å². The van der Waals surface area contributed by atoms with Crippen LogP contribution in [0.5, 0.6) is 17.2 Å². The first-order valence-corrected chi connectivity index (χ1v) is 10.7. The van der Waals surface area contributed by atoms with Crippen molar-refractivity contribution in [2.45, 2.75) is 90.6 Å². The maximum Gasteiger partial charge on any atom is 0.302 e. The second-order valence-corrected chi connectivity index (χ2v) is 7.51. The number of rotatable bonds is 15. The van der Waals surface area contributed by atoms with E-state index in [1.54, 1.807) is 0 Å². The fourth-order valence-corrected chi connectivity index (χ4v) is 3.54. The van der Waals surface area contributed by atoms with Gasteiger partial charge in [-0.05, 0) is 12.8 Å². The maximum atomic E-state index is 11.5. The molecule has 164 valence electrons. The lowest BCUT2D eigenvalue weighted by atomic mass is 9.96. The van der Waals surface area contributed by atoms with Crippen LogP contribution >= 0.6 is 0 Å². The lowest BCUT2D eigenvalue weighted by Crippen LogP contribution is -2.20. The van der Waals surface area contributed by atoms with Crippen molar-refractivity contribution < 1.29 is 29.3 Å². The van der Waals surface area contributed by atoms with Crippen LogP contribution in [0.1, 0.15) is 94.0 Å². The number of benzene rings is 1. The molecule has 0 spiro atoms. The van der Waals surface area contributed by atoms with Gasteiger partial charge in [-0.2, -0.15) is 0 Å². The number of phenolic OH excluding ortho intramolecular Hbond substituents is 2. The molecule has 1 aromatic rings. The van der Waals surface area contributed by atoms with Gasteiger partial charge in [-0.15, -0.1) is 0 Å². The van der Waals surface area contributed by atoms with Crippen molar-refractivity contribution >= 4 is 12.3 Å². The SMILES string of the molecule is CCCCCCCCCCC[C@H](Cc1c(O)c(OC)cc(O)c1C=O)OC(C)=O. The van der Waals surface area contributed by atoms with E-state index < -0.39 is 12.1 Å². The molecule has 1 aromatic carbocycles. The van der Waals surface area contributed by atoms with Gasteiger partial charge in [-0.3, -0.25) is 9.59 Å². The molecule has 0 fully saturated rings. The number of ether oxygens (including phenoxy) is 2. The van der Waals surface area contributed by atoms with Gasteiger partial charge in [0, 0.05) is 25.0 Å². The second-order valence-electron chi connectivity index (χ2n) is 7.51. The van der Waals surface area contributed by atoms with Gasteiger partial charge in [0.1, 0.15) is 11.9 Å². The molecule has 0 aliphatic carbocycles.